The van der Waals surface area contributed by atoms with Gasteiger partial charge < -0.3 is 4.74 Å². The topological polar surface area (TPSA) is 68.3 Å². The van der Waals surface area contributed by atoms with Crippen molar-refractivity contribution >= 4 is 21.6 Å². The second kappa shape index (κ2) is 7.58. The molecule has 0 fully saturated rings. The van der Waals surface area contributed by atoms with Crippen LogP contribution in [0, 0.1) is 0 Å². The van der Waals surface area contributed by atoms with E-state index in [0.717, 1.165) is 12.0 Å². The molecule has 0 aliphatic heterocycles. The molecule has 0 bridgehead atoms. The molecule has 0 saturated heterocycles. The second-order valence-electron chi connectivity index (χ2n) is 4.62. The Morgan fingerprint density at radius 3 is 2.64 bits per heavy atom. The van der Waals surface area contributed by atoms with E-state index in [1.54, 1.807) is 24.5 Å². The van der Waals surface area contributed by atoms with E-state index >= 15 is 0 Å². The molecular formula is C15H17ClN2O3S. The molecule has 7 heteroatoms. The lowest BCUT2D eigenvalue weighted by Crippen LogP contribution is -2.23. The van der Waals surface area contributed by atoms with Crippen LogP contribution in [0.25, 0.3) is 0 Å². The first-order chi connectivity index (χ1) is 10.5. The largest absolute Gasteiger partial charge is 0.492 e. The van der Waals surface area contributed by atoms with Crippen LogP contribution in [-0.2, 0) is 16.6 Å². The number of nitrogens with zero attached hydrogens (tertiary/aromatic N) is 1. The van der Waals surface area contributed by atoms with Crippen LogP contribution in [0.3, 0.4) is 0 Å². The van der Waals surface area contributed by atoms with Gasteiger partial charge in [0.15, 0.2) is 0 Å². The molecule has 0 aliphatic rings. The number of hydrogen-bond donors (Lipinski definition) is 1. The molecule has 0 saturated carbocycles. The minimum absolute atomic E-state index is 0.122. The van der Waals surface area contributed by atoms with Crippen LogP contribution in [0.5, 0.6) is 5.75 Å². The highest BCUT2D eigenvalue weighted by atomic mass is 35.5. The van der Waals surface area contributed by atoms with Crippen molar-refractivity contribution in [3.63, 3.8) is 0 Å². The van der Waals surface area contributed by atoms with Gasteiger partial charge in [0.2, 0.25) is 10.0 Å². The van der Waals surface area contributed by atoms with Gasteiger partial charge >= 0.3 is 0 Å². The predicted octanol–water partition coefficient (Wildman–Crippen LogP) is 3.00. The highest BCUT2D eigenvalue weighted by Gasteiger charge is 2.16. The fourth-order valence-electron chi connectivity index (χ4n) is 1.74. The van der Waals surface area contributed by atoms with Crippen LogP contribution < -0.4 is 9.46 Å². The summed E-state index contributed by atoms with van der Waals surface area (Å²) >= 11 is 6.01. The number of ether oxygens (including phenoxy) is 1. The first-order valence-corrected chi connectivity index (χ1v) is 8.70. The van der Waals surface area contributed by atoms with E-state index < -0.39 is 10.0 Å². The molecule has 1 heterocycles. The maximum Gasteiger partial charge on any atom is 0.241 e. The molecule has 2 aromatic rings. The van der Waals surface area contributed by atoms with E-state index in [0.29, 0.717) is 17.4 Å². The van der Waals surface area contributed by atoms with Gasteiger partial charge in [-0.15, -0.1) is 0 Å². The third kappa shape index (κ3) is 4.43. The van der Waals surface area contributed by atoms with Gasteiger partial charge in [-0.3, -0.25) is 4.98 Å². The summed E-state index contributed by atoms with van der Waals surface area (Å²) in [6.07, 6.45) is 4.04. The van der Waals surface area contributed by atoms with E-state index in [1.807, 2.05) is 6.92 Å². The van der Waals surface area contributed by atoms with E-state index in [2.05, 4.69) is 9.71 Å². The Morgan fingerprint density at radius 2 is 1.95 bits per heavy atom. The van der Waals surface area contributed by atoms with Crippen molar-refractivity contribution in [2.24, 2.45) is 0 Å². The molecule has 22 heavy (non-hydrogen) atoms. The Hall–Kier alpha value is -1.63. The lowest BCUT2D eigenvalue weighted by atomic mass is 10.3. The summed E-state index contributed by atoms with van der Waals surface area (Å²) in [5.74, 6) is 0.371. The second-order valence-corrected chi connectivity index (χ2v) is 6.79. The maximum absolute atomic E-state index is 12.3. The molecular weight excluding hydrogens is 324 g/mol. The third-order valence-corrected chi connectivity index (χ3v) is 4.60. The normalized spacial score (nSPS) is 11.4. The molecule has 1 N–H and O–H groups in total. The molecule has 0 radical (unpaired) electrons. The molecule has 0 amide bonds. The van der Waals surface area contributed by atoms with Crippen molar-refractivity contribution in [2.45, 2.75) is 24.8 Å². The number of pyridine rings is 1. The first-order valence-electron chi connectivity index (χ1n) is 6.84. The molecule has 0 unspecified atom stereocenters. The average Bonchev–Trinajstić information content (AvgIpc) is 2.53. The van der Waals surface area contributed by atoms with Crippen LogP contribution in [0.4, 0.5) is 0 Å². The van der Waals surface area contributed by atoms with Gasteiger partial charge in [0.25, 0.3) is 0 Å². The number of rotatable bonds is 7. The van der Waals surface area contributed by atoms with Crippen LogP contribution in [0.2, 0.25) is 5.02 Å². The predicted molar refractivity (Wildman–Crippen MR) is 85.5 cm³/mol. The quantitative estimate of drug-likeness (QED) is 0.841. The molecule has 1 aromatic carbocycles. The Kier molecular flexibility index (Phi) is 5.76. The van der Waals surface area contributed by atoms with E-state index in [4.69, 9.17) is 16.3 Å². The van der Waals surface area contributed by atoms with Crippen molar-refractivity contribution in [1.29, 1.82) is 0 Å². The molecule has 118 valence electrons. The van der Waals surface area contributed by atoms with E-state index in [9.17, 15) is 8.42 Å². The molecule has 0 atom stereocenters. The number of sulfonamides is 1. The van der Waals surface area contributed by atoms with Gasteiger partial charge in [0, 0.05) is 25.0 Å². The van der Waals surface area contributed by atoms with Crippen molar-refractivity contribution in [2.75, 3.05) is 6.61 Å². The zero-order valence-electron chi connectivity index (χ0n) is 12.1. The summed E-state index contributed by atoms with van der Waals surface area (Å²) in [4.78, 5) is 4.01. The third-order valence-electron chi connectivity index (χ3n) is 2.89. The zero-order chi connectivity index (χ0) is 16.0. The lowest BCUT2D eigenvalue weighted by molar-refractivity contribution is 0.317. The zero-order valence-corrected chi connectivity index (χ0v) is 13.7. The van der Waals surface area contributed by atoms with E-state index in [-0.39, 0.29) is 11.4 Å². The van der Waals surface area contributed by atoms with Crippen LogP contribution in [-0.4, -0.2) is 20.0 Å². The van der Waals surface area contributed by atoms with Gasteiger partial charge in [-0.1, -0.05) is 18.5 Å². The summed E-state index contributed by atoms with van der Waals surface area (Å²) in [7, 11) is -3.63. The van der Waals surface area contributed by atoms with Crippen molar-refractivity contribution < 1.29 is 13.2 Å². The average molecular weight is 341 g/mol. The maximum atomic E-state index is 12.3. The molecule has 2 rings (SSSR count). The molecule has 0 spiro atoms. The lowest BCUT2D eigenvalue weighted by Gasteiger charge is -2.10. The van der Waals surface area contributed by atoms with Gasteiger partial charge in [-0.05, 0) is 36.2 Å². The first kappa shape index (κ1) is 16.7. The SMILES string of the molecule is CCCOc1cc(S(=O)(=O)NCc2ccncc2)ccc1Cl. The van der Waals surface area contributed by atoms with E-state index in [1.165, 1.54) is 18.2 Å². The van der Waals surface area contributed by atoms with Crippen molar-refractivity contribution in [1.82, 2.24) is 9.71 Å². The summed E-state index contributed by atoms with van der Waals surface area (Å²) in [5.41, 5.74) is 0.829. The highest BCUT2D eigenvalue weighted by molar-refractivity contribution is 7.89. The van der Waals surface area contributed by atoms with Gasteiger partial charge in [0.05, 0.1) is 16.5 Å². The summed E-state index contributed by atoms with van der Waals surface area (Å²) in [5, 5.41) is 0.390. The van der Waals surface area contributed by atoms with Gasteiger partial charge in [-0.25, -0.2) is 13.1 Å². The Labute approximate surface area is 135 Å². The number of halogens is 1. The fraction of sp³-hybridized carbons (Fsp3) is 0.267. The Balaban J connectivity index is 2.15. The van der Waals surface area contributed by atoms with Crippen molar-refractivity contribution in [3.8, 4) is 5.75 Å². The smallest absolute Gasteiger partial charge is 0.241 e. The monoisotopic (exact) mass is 340 g/mol. The number of nitrogens with one attached hydrogen (secondary N) is 1. The van der Waals surface area contributed by atoms with Crippen molar-refractivity contribution in [3.05, 3.63) is 53.3 Å². The minimum Gasteiger partial charge on any atom is -0.492 e. The molecule has 0 aliphatic carbocycles. The Bertz CT molecular complexity index is 721. The Morgan fingerprint density at radius 1 is 1.23 bits per heavy atom. The summed E-state index contributed by atoms with van der Waals surface area (Å²) in [6.45, 7) is 2.64. The van der Waals surface area contributed by atoms with Gasteiger partial charge in [-0.2, -0.15) is 0 Å². The van der Waals surface area contributed by atoms with Gasteiger partial charge in [0.1, 0.15) is 5.75 Å². The summed E-state index contributed by atoms with van der Waals surface area (Å²) in [6, 6.07) is 7.91. The number of aromatic nitrogens is 1. The van der Waals surface area contributed by atoms with Crippen LogP contribution in [0.15, 0.2) is 47.6 Å². The minimum atomic E-state index is -3.63. The molecule has 5 nitrogen and oxygen atoms in total. The number of hydrogen-bond acceptors (Lipinski definition) is 4. The highest BCUT2D eigenvalue weighted by Crippen LogP contribution is 2.27. The fourth-order valence-corrected chi connectivity index (χ4v) is 2.94. The van der Waals surface area contributed by atoms with Crippen LogP contribution >= 0.6 is 11.6 Å². The standard InChI is InChI=1S/C15H17ClN2O3S/c1-2-9-21-15-10-13(3-4-14(15)16)22(19,20)18-11-12-5-7-17-8-6-12/h3-8,10,18H,2,9,11H2,1H3. The summed E-state index contributed by atoms with van der Waals surface area (Å²) < 4.78 is 32.6. The van der Waals surface area contributed by atoms with Crippen LogP contribution in [0.1, 0.15) is 18.9 Å². The molecule has 1 aromatic heterocycles. The number of benzene rings is 1.